The lowest BCUT2D eigenvalue weighted by atomic mass is 9.85. The molecule has 110 valence electrons. The van der Waals surface area contributed by atoms with Crippen molar-refractivity contribution in [2.75, 3.05) is 26.7 Å². The Balaban J connectivity index is 2.64. The zero-order valence-electron chi connectivity index (χ0n) is 12.4. The molecule has 19 heavy (non-hydrogen) atoms. The zero-order valence-corrected chi connectivity index (χ0v) is 12.4. The Morgan fingerprint density at radius 2 is 1.89 bits per heavy atom. The summed E-state index contributed by atoms with van der Waals surface area (Å²) in [6.45, 7) is 8.96. The van der Waals surface area contributed by atoms with E-state index in [4.69, 9.17) is 9.84 Å². The smallest absolute Gasteiger partial charge is 0.410 e. The van der Waals surface area contributed by atoms with Gasteiger partial charge in [-0.15, -0.1) is 0 Å². The molecule has 6 nitrogen and oxygen atoms in total. The maximum Gasteiger partial charge on any atom is 0.410 e. The number of amides is 1. The van der Waals surface area contributed by atoms with Crippen LogP contribution in [0.3, 0.4) is 0 Å². The van der Waals surface area contributed by atoms with Crippen LogP contribution in [0.2, 0.25) is 0 Å². The number of aliphatic carboxylic acids is 1. The first-order valence-corrected chi connectivity index (χ1v) is 6.50. The topological polar surface area (TPSA) is 70.1 Å². The molecule has 1 fully saturated rings. The summed E-state index contributed by atoms with van der Waals surface area (Å²) < 4.78 is 5.27. The lowest BCUT2D eigenvalue weighted by Gasteiger charge is -2.53. The van der Waals surface area contributed by atoms with Gasteiger partial charge in [-0.2, -0.15) is 0 Å². The van der Waals surface area contributed by atoms with Crippen LogP contribution in [-0.2, 0) is 9.53 Å². The molecule has 0 aromatic carbocycles. The first-order chi connectivity index (χ1) is 8.59. The summed E-state index contributed by atoms with van der Waals surface area (Å²) in [6.07, 6.45) is -0.339. The van der Waals surface area contributed by atoms with Gasteiger partial charge in [-0.25, -0.2) is 4.79 Å². The Kier molecular flexibility index (Phi) is 4.45. The van der Waals surface area contributed by atoms with Gasteiger partial charge in [-0.1, -0.05) is 6.92 Å². The molecule has 0 unspecified atom stereocenters. The van der Waals surface area contributed by atoms with E-state index >= 15 is 0 Å². The van der Waals surface area contributed by atoms with E-state index in [1.165, 1.54) is 0 Å². The van der Waals surface area contributed by atoms with Gasteiger partial charge in [0.05, 0.1) is 12.0 Å². The van der Waals surface area contributed by atoms with Crippen molar-refractivity contribution in [1.82, 2.24) is 9.80 Å². The largest absolute Gasteiger partial charge is 0.481 e. The van der Waals surface area contributed by atoms with Gasteiger partial charge >= 0.3 is 12.1 Å². The molecule has 0 atom stereocenters. The van der Waals surface area contributed by atoms with E-state index in [0.717, 1.165) is 6.54 Å². The van der Waals surface area contributed by atoms with Crippen molar-refractivity contribution < 1.29 is 19.4 Å². The minimum Gasteiger partial charge on any atom is -0.481 e. The minimum atomic E-state index is -0.843. The highest BCUT2D eigenvalue weighted by Gasteiger charge is 2.50. The van der Waals surface area contributed by atoms with Gasteiger partial charge in [-0.05, 0) is 34.4 Å². The molecule has 1 rings (SSSR count). The molecule has 1 aliphatic heterocycles. The predicted octanol–water partition coefficient (Wildman–Crippen LogP) is 1.40. The third kappa shape index (κ3) is 3.83. The van der Waals surface area contributed by atoms with Crippen molar-refractivity contribution in [2.45, 2.75) is 45.3 Å². The maximum absolute atomic E-state index is 11.9. The summed E-state index contributed by atoms with van der Waals surface area (Å²) in [5.41, 5.74) is -0.990. The maximum atomic E-state index is 11.9. The highest BCUT2D eigenvalue weighted by atomic mass is 16.6. The molecule has 0 bridgehead atoms. The van der Waals surface area contributed by atoms with E-state index in [2.05, 4.69) is 0 Å². The van der Waals surface area contributed by atoms with Crippen LogP contribution in [0.25, 0.3) is 0 Å². The molecule has 6 heteroatoms. The Bertz CT molecular complexity index is 356. The highest BCUT2D eigenvalue weighted by Crippen LogP contribution is 2.31. The van der Waals surface area contributed by atoms with Gasteiger partial charge in [0.15, 0.2) is 0 Å². The van der Waals surface area contributed by atoms with Gasteiger partial charge in [0.2, 0.25) is 0 Å². The average Bonchev–Trinajstić information content (AvgIpc) is 2.18. The van der Waals surface area contributed by atoms with E-state index in [0.29, 0.717) is 13.1 Å². The fourth-order valence-corrected chi connectivity index (χ4v) is 2.22. The van der Waals surface area contributed by atoms with Crippen LogP contribution in [0.5, 0.6) is 0 Å². The SMILES string of the molecule is CCN(C)C1(CC(=O)O)CN(C(=O)OC(C)(C)C)C1. The van der Waals surface area contributed by atoms with Gasteiger partial charge in [0.1, 0.15) is 5.60 Å². The number of carboxylic acid groups (broad SMARTS) is 1. The predicted molar refractivity (Wildman–Crippen MR) is 71.1 cm³/mol. The number of nitrogens with zero attached hydrogens (tertiary/aromatic N) is 2. The lowest BCUT2D eigenvalue weighted by molar-refractivity contribution is -0.144. The van der Waals surface area contributed by atoms with Crippen LogP contribution < -0.4 is 0 Å². The fourth-order valence-electron chi connectivity index (χ4n) is 2.22. The standard InChI is InChI=1S/C13H24N2O4/c1-6-14(5)13(7-10(16)17)8-15(9-13)11(18)19-12(2,3)4/h6-9H2,1-5H3,(H,16,17). The molecular formula is C13H24N2O4. The van der Waals surface area contributed by atoms with Crippen molar-refractivity contribution in [3.63, 3.8) is 0 Å². The third-order valence-electron chi connectivity index (χ3n) is 3.39. The van der Waals surface area contributed by atoms with E-state index in [1.807, 2.05) is 39.6 Å². The van der Waals surface area contributed by atoms with Crippen LogP contribution in [0, 0.1) is 0 Å². The number of hydrogen-bond acceptors (Lipinski definition) is 4. The minimum absolute atomic E-state index is 0.0383. The Labute approximate surface area is 114 Å². The van der Waals surface area contributed by atoms with Gasteiger partial charge in [0, 0.05) is 13.1 Å². The van der Waals surface area contributed by atoms with E-state index in [1.54, 1.807) is 4.90 Å². The third-order valence-corrected chi connectivity index (χ3v) is 3.39. The van der Waals surface area contributed by atoms with Crippen molar-refractivity contribution >= 4 is 12.1 Å². The molecule has 1 amide bonds. The zero-order chi connectivity index (χ0) is 14.8. The first kappa shape index (κ1) is 15.8. The van der Waals surface area contributed by atoms with Gasteiger partial charge < -0.3 is 14.7 Å². The molecule has 1 aliphatic rings. The molecule has 0 aromatic rings. The number of carbonyl (C=O) groups is 2. The van der Waals surface area contributed by atoms with Crippen molar-refractivity contribution in [3.05, 3.63) is 0 Å². The number of carbonyl (C=O) groups excluding carboxylic acids is 1. The molecule has 0 radical (unpaired) electrons. The summed E-state index contributed by atoms with van der Waals surface area (Å²) in [5.74, 6) is -0.843. The molecule has 0 aromatic heterocycles. The highest BCUT2D eigenvalue weighted by molar-refractivity contribution is 5.73. The van der Waals surface area contributed by atoms with Crippen LogP contribution in [0.1, 0.15) is 34.1 Å². The van der Waals surface area contributed by atoms with Crippen molar-refractivity contribution in [3.8, 4) is 0 Å². The normalized spacial score (nSPS) is 18.1. The average molecular weight is 272 g/mol. The van der Waals surface area contributed by atoms with E-state index < -0.39 is 17.1 Å². The van der Waals surface area contributed by atoms with Crippen LogP contribution in [0.15, 0.2) is 0 Å². The van der Waals surface area contributed by atoms with Gasteiger partial charge in [-0.3, -0.25) is 9.69 Å². The Morgan fingerprint density at radius 3 is 2.26 bits per heavy atom. The number of rotatable bonds is 4. The Morgan fingerprint density at radius 1 is 1.37 bits per heavy atom. The second-order valence-corrected chi connectivity index (χ2v) is 6.15. The van der Waals surface area contributed by atoms with Crippen LogP contribution in [0.4, 0.5) is 4.79 Å². The molecule has 1 heterocycles. The lowest BCUT2D eigenvalue weighted by Crippen LogP contribution is -2.71. The second-order valence-electron chi connectivity index (χ2n) is 6.15. The number of hydrogen-bond donors (Lipinski definition) is 1. The fraction of sp³-hybridized carbons (Fsp3) is 0.846. The summed E-state index contributed by atoms with van der Waals surface area (Å²) in [7, 11) is 1.88. The molecule has 1 saturated heterocycles. The van der Waals surface area contributed by atoms with Crippen LogP contribution >= 0.6 is 0 Å². The van der Waals surface area contributed by atoms with Crippen molar-refractivity contribution in [1.29, 1.82) is 0 Å². The monoisotopic (exact) mass is 272 g/mol. The number of carboxylic acids is 1. The van der Waals surface area contributed by atoms with Crippen LogP contribution in [-0.4, -0.2) is 64.8 Å². The molecule has 0 saturated carbocycles. The second kappa shape index (κ2) is 5.36. The summed E-state index contributed by atoms with van der Waals surface area (Å²) in [4.78, 5) is 26.4. The molecule has 0 aliphatic carbocycles. The summed E-state index contributed by atoms with van der Waals surface area (Å²) in [6, 6.07) is 0. The van der Waals surface area contributed by atoms with Gasteiger partial charge in [0.25, 0.3) is 0 Å². The number of ether oxygens (including phenoxy) is 1. The molecule has 0 spiro atoms. The Hall–Kier alpha value is -1.30. The van der Waals surface area contributed by atoms with Crippen molar-refractivity contribution in [2.24, 2.45) is 0 Å². The molecule has 1 N–H and O–H groups in total. The first-order valence-electron chi connectivity index (χ1n) is 6.50. The number of likely N-dealkylation sites (N-methyl/N-ethyl adjacent to an activating group) is 1. The summed E-state index contributed by atoms with van der Waals surface area (Å²) >= 11 is 0. The summed E-state index contributed by atoms with van der Waals surface area (Å²) in [5, 5.41) is 9.01. The van der Waals surface area contributed by atoms with E-state index in [9.17, 15) is 9.59 Å². The van der Waals surface area contributed by atoms with E-state index in [-0.39, 0.29) is 12.5 Å². The number of likely N-dealkylation sites (tertiary alicyclic amines) is 1. The molecular weight excluding hydrogens is 248 g/mol. The quantitative estimate of drug-likeness (QED) is 0.837.